The second kappa shape index (κ2) is 7.25. The lowest BCUT2D eigenvalue weighted by Crippen LogP contribution is -2.37. The normalized spacial score (nSPS) is 11.0. The van der Waals surface area contributed by atoms with E-state index < -0.39 is 0 Å². The molecule has 4 heteroatoms. The van der Waals surface area contributed by atoms with Crippen LogP contribution >= 0.6 is 0 Å². The topological polar surface area (TPSA) is 38.1 Å². The number of anilines is 1. The first kappa shape index (κ1) is 16.3. The van der Waals surface area contributed by atoms with Gasteiger partial charge in [0, 0.05) is 37.1 Å². The van der Waals surface area contributed by atoms with E-state index in [1.807, 2.05) is 49.2 Å². The Morgan fingerprint density at radius 2 is 2.00 bits per heavy atom. The van der Waals surface area contributed by atoms with Crippen molar-refractivity contribution in [3.8, 4) is 0 Å². The summed E-state index contributed by atoms with van der Waals surface area (Å²) < 4.78 is 2.08. The first-order chi connectivity index (χ1) is 10.5. The lowest BCUT2D eigenvalue weighted by Gasteiger charge is -2.28. The average molecular weight is 299 g/mol. The number of aromatic nitrogens is 2. The zero-order chi connectivity index (χ0) is 16.1. The molecule has 0 saturated heterocycles. The molecule has 0 saturated carbocycles. The Hall–Kier alpha value is -2.10. The molecule has 0 aliphatic rings. The van der Waals surface area contributed by atoms with Crippen LogP contribution < -0.4 is 4.90 Å². The third kappa shape index (κ3) is 3.75. The first-order valence-electron chi connectivity index (χ1n) is 7.86. The number of imidazole rings is 1. The van der Waals surface area contributed by atoms with Crippen molar-refractivity contribution in [2.75, 3.05) is 4.90 Å². The summed E-state index contributed by atoms with van der Waals surface area (Å²) in [5.41, 5.74) is 2.15. The van der Waals surface area contributed by atoms with E-state index in [9.17, 15) is 4.79 Å². The summed E-state index contributed by atoms with van der Waals surface area (Å²) in [6.45, 7) is 8.98. The van der Waals surface area contributed by atoms with Crippen molar-refractivity contribution in [2.45, 2.75) is 53.1 Å². The quantitative estimate of drug-likeness (QED) is 0.815. The number of aryl methyl sites for hydroxylation is 3. The van der Waals surface area contributed by atoms with Gasteiger partial charge in [-0.3, -0.25) is 4.79 Å². The number of nitrogens with zero attached hydrogens (tertiary/aromatic N) is 3. The van der Waals surface area contributed by atoms with E-state index in [1.165, 1.54) is 0 Å². The second-order valence-corrected chi connectivity index (χ2v) is 5.92. The number of para-hydroxylation sites is 1. The fourth-order valence-electron chi connectivity index (χ4n) is 2.70. The highest BCUT2D eigenvalue weighted by Crippen LogP contribution is 2.23. The van der Waals surface area contributed by atoms with Gasteiger partial charge in [0.15, 0.2) is 0 Å². The maximum Gasteiger partial charge on any atom is 0.227 e. The standard InChI is InChI=1S/C18H25N3O/c1-14(2)21(17-9-6-5-8-15(17)3)18(22)10-7-12-20-13-11-19-16(20)4/h5-6,8-9,11,13-14H,7,10,12H2,1-4H3. The van der Waals surface area contributed by atoms with Crippen LogP contribution in [0.4, 0.5) is 5.69 Å². The molecular weight excluding hydrogens is 274 g/mol. The zero-order valence-corrected chi connectivity index (χ0v) is 13.9. The lowest BCUT2D eigenvalue weighted by atomic mass is 10.1. The van der Waals surface area contributed by atoms with Gasteiger partial charge in [-0.2, -0.15) is 0 Å². The van der Waals surface area contributed by atoms with E-state index in [-0.39, 0.29) is 11.9 Å². The summed E-state index contributed by atoms with van der Waals surface area (Å²) in [7, 11) is 0. The highest BCUT2D eigenvalue weighted by atomic mass is 16.2. The molecule has 118 valence electrons. The molecule has 0 bridgehead atoms. The van der Waals surface area contributed by atoms with Crippen LogP contribution in [0.1, 0.15) is 38.1 Å². The number of carbonyl (C=O) groups excluding carboxylic acids is 1. The van der Waals surface area contributed by atoms with Crippen LogP contribution in [0.2, 0.25) is 0 Å². The highest BCUT2D eigenvalue weighted by molar-refractivity contribution is 5.94. The molecule has 0 unspecified atom stereocenters. The molecule has 0 aliphatic heterocycles. The molecule has 2 rings (SSSR count). The van der Waals surface area contributed by atoms with Gasteiger partial charge < -0.3 is 9.47 Å². The van der Waals surface area contributed by atoms with Crippen molar-refractivity contribution in [3.05, 3.63) is 48.0 Å². The van der Waals surface area contributed by atoms with Gasteiger partial charge >= 0.3 is 0 Å². The molecule has 0 radical (unpaired) electrons. The van der Waals surface area contributed by atoms with Crippen molar-refractivity contribution in [1.82, 2.24) is 9.55 Å². The van der Waals surface area contributed by atoms with Crippen LogP contribution in [0.3, 0.4) is 0 Å². The Morgan fingerprint density at radius 1 is 1.27 bits per heavy atom. The van der Waals surface area contributed by atoms with E-state index in [0.29, 0.717) is 6.42 Å². The second-order valence-electron chi connectivity index (χ2n) is 5.92. The predicted octanol–water partition coefficient (Wildman–Crippen LogP) is 3.72. The Balaban J connectivity index is 2.02. The van der Waals surface area contributed by atoms with Gasteiger partial charge in [0.25, 0.3) is 0 Å². The van der Waals surface area contributed by atoms with Crippen LogP contribution in [-0.2, 0) is 11.3 Å². The molecule has 0 fully saturated rings. The molecule has 1 amide bonds. The van der Waals surface area contributed by atoms with E-state index in [2.05, 4.69) is 23.4 Å². The summed E-state index contributed by atoms with van der Waals surface area (Å²) in [6.07, 6.45) is 5.13. The number of amides is 1. The molecule has 1 heterocycles. The van der Waals surface area contributed by atoms with E-state index >= 15 is 0 Å². The number of hydrogen-bond donors (Lipinski definition) is 0. The molecule has 0 spiro atoms. The van der Waals surface area contributed by atoms with Gasteiger partial charge in [-0.1, -0.05) is 18.2 Å². The van der Waals surface area contributed by atoms with Crippen LogP contribution in [0.25, 0.3) is 0 Å². The third-order valence-electron chi connectivity index (χ3n) is 3.87. The van der Waals surface area contributed by atoms with E-state index in [4.69, 9.17) is 0 Å². The predicted molar refractivity (Wildman–Crippen MR) is 90.0 cm³/mol. The highest BCUT2D eigenvalue weighted by Gasteiger charge is 2.19. The molecule has 22 heavy (non-hydrogen) atoms. The molecule has 0 atom stereocenters. The Labute approximate surface area is 132 Å². The zero-order valence-electron chi connectivity index (χ0n) is 13.9. The van der Waals surface area contributed by atoms with Crippen LogP contribution in [0.15, 0.2) is 36.7 Å². The minimum Gasteiger partial charge on any atom is -0.335 e. The molecule has 1 aromatic carbocycles. The summed E-state index contributed by atoms with van der Waals surface area (Å²) in [6, 6.07) is 8.22. The van der Waals surface area contributed by atoms with Crippen molar-refractivity contribution in [3.63, 3.8) is 0 Å². The van der Waals surface area contributed by atoms with Crippen molar-refractivity contribution < 1.29 is 4.79 Å². The fraction of sp³-hybridized carbons (Fsp3) is 0.444. The van der Waals surface area contributed by atoms with Crippen LogP contribution in [-0.4, -0.2) is 21.5 Å². The van der Waals surface area contributed by atoms with Gasteiger partial charge in [0.05, 0.1) is 0 Å². The number of carbonyl (C=O) groups is 1. The average Bonchev–Trinajstić information content (AvgIpc) is 2.86. The van der Waals surface area contributed by atoms with Gasteiger partial charge in [-0.05, 0) is 45.7 Å². The summed E-state index contributed by atoms with van der Waals surface area (Å²) >= 11 is 0. The Morgan fingerprint density at radius 3 is 2.59 bits per heavy atom. The largest absolute Gasteiger partial charge is 0.335 e. The van der Waals surface area contributed by atoms with Gasteiger partial charge in [0.1, 0.15) is 5.82 Å². The minimum absolute atomic E-state index is 0.156. The van der Waals surface area contributed by atoms with Crippen molar-refractivity contribution in [2.24, 2.45) is 0 Å². The van der Waals surface area contributed by atoms with Gasteiger partial charge in [0.2, 0.25) is 5.91 Å². The molecule has 0 N–H and O–H groups in total. The summed E-state index contributed by atoms with van der Waals surface area (Å²) in [5.74, 6) is 1.18. The van der Waals surface area contributed by atoms with Crippen LogP contribution in [0.5, 0.6) is 0 Å². The summed E-state index contributed by atoms with van der Waals surface area (Å²) in [4.78, 5) is 18.8. The smallest absolute Gasteiger partial charge is 0.227 e. The Bertz CT molecular complexity index is 631. The molecule has 0 aliphatic carbocycles. The minimum atomic E-state index is 0.156. The number of benzene rings is 1. The maximum atomic E-state index is 12.7. The van der Waals surface area contributed by atoms with Gasteiger partial charge in [-0.15, -0.1) is 0 Å². The molecule has 2 aromatic rings. The number of hydrogen-bond acceptors (Lipinski definition) is 2. The fourth-order valence-corrected chi connectivity index (χ4v) is 2.70. The van der Waals surface area contributed by atoms with Crippen molar-refractivity contribution in [1.29, 1.82) is 0 Å². The third-order valence-corrected chi connectivity index (χ3v) is 3.87. The van der Waals surface area contributed by atoms with Crippen LogP contribution in [0, 0.1) is 13.8 Å². The maximum absolute atomic E-state index is 12.7. The first-order valence-corrected chi connectivity index (χ1v) is 7.86. The van der Waals surface area contributed by atoms with Gasteiger partial charge in [-0.25, -0.2) is 4.98 Å². The number of rotatable bonds is 6. The Kier molecular flexibility index (Phi) is 5.36. The van der Waals surface area contributed by atoms with E-state index in [0.717, 1.165) is 30.0 Å². The molecule has 4 nitrogen and oxygen atoms in total. The van der Waals surface area contributed by atoms with E-state index in [1.54, 1.807) is 6.20 Å². The molecule has 1 aromatic heterocycles. The molecular formula is C18H25N3O. The lowest BCUT2D eigenvalue weighted by molar-refractivity contribution is -0.119. The SMILES string of the molecule is Cc1ccccc1N(C(=O)CCCn1ccnc1C)C(C)C. The summed E-state index contributed by atoms with van der Waals surface area (Å²) in [5, 5.41) is 0. The van der Waals surface area contributed by atoms with Crippen molar-refractivity contribution >= 4 is 11.6 Å². The monoisotopic (exact) mass is 299 g/mol.